The van der Waals surface area contributed by atoms with Crippen LogP contribution in [0.25, 0.3) is 0 Å². The van der Waals surface area contributed by atoms with E-state index in [1.165, 1.54) is 19.3 Å². The summed E-state index contributed by atoms with van der Waals surface area (Å²) in [6, 6.07) is 5.69. The summed E-state index contributed by atoms with van der Waals surface area (Å²) in [5, 5.41) is 2.93. The molecule has 0 saturated heterocycles. The van der Waals surface area contributed by atoms with E-state index < -0.39 is 0 Å². The van der Waals surface area contributed by atoms with Gasteiger partial charge in [-0.15, -0.1) is 0 Å². The largest absolute Gasteiger partial charge is 0.389 e. The van der Waals surface area contributed by atoms with Gasteiger partial charge in [0.1, 0.15) is 4.99 Å². The zero-order valence-corrected chi connectivity index (χ0v) is 11.3. The summed E-state index contributed by atoms with van der Waals surface area (Å²) in [7, 11) is 0. The molecular weight excluding hydrogens is 244 g/mol. The third kappa shape index (κ3) is 2.88. The van der Waals surface area contributed by atoms with Crippen LogP contribution in [0, 0.1) is 12.8 Å². The number of carbonyl (C=O) groups excluding carboxylic acids is 1. The molecule has 1 aliphatic rings. The predicted molar refractivity (Wildman–Crippen MR) is 77.7 cm³/mol. The normalized spacial score (nSPS) is 14.9. The van der Waals surface area contributed by atoms with E-state index in [0.717, 1.165) is 16.8 Å². The Morgan fingerprint density at radius 2 is 2.22 bits per heavy atom. The van der Waals surface area contributed by atoms with Crippen LogP contribution in [-0.4, -0.2) is 10.9 Å². The lowest BCUT2D eigenvalue weighted by Gasteiger charge is -2.24. The zero-order chi connectivity index (χ0) is 13.1. The topological polar surface area (TPSA) is 55.1 Å². The Hall–Kier alpha value is -1.42. The molecule has 1 amide bonds. The fraction of sp³-hybridized carbons (Fsp3) is 0.429. The van der Waals surface area contributed by atoms with Crippen molar-refractivity contribution in [2.24, 2.45) is 11.7 Å². The van der Waals surface area contributed by atoms with Crippen LogP contribution in [0.2, 0.25) is 0 Å². The molecule has 1 aromatic carbocycles. The highest BCUT2D eigenvalue weighted by Crippen LogP contribution is 2.30. The highest BCUT2D eigenvalue weighted by molar-refractivity contribution is 7.80. The summed E-state index contributed by atoms with van der Waals surface area (Å²) < 4.78 is 0. The van der Waals surface area contributed by atoms with Crippen molar-refractivity contribution < 1.29 is 4.79 Å². The Balaban J connectivity index is 2.10. The highest BCUT2D eigenvalue weighted by atomic mass is 32.1. The minimum atomic E-state index is 0.0581. The minimum absolute atomic E-state index is 0.0581. The molecule has 1 aliphatic carbocycles. The van der Waals surface area contributed by atoms with Gasteiger partial charge in [-0.1, -0.05) is 30.8 Å². The Bertz CT molecular complexity index is 481. The van der Waals surface area contributed by atoms with Crippen molar-refractivity contribution in [1.82, 2.24) is 0 Å². The number of aryl methyl sites for hydroxylation is 1. The fourth-order valence-electron chi connectivity index (χ4n) is 2.26. The van der Waals surface area contributed by atoms with Gasteiger partial charge in [0, 0.05) is 12.0 Å². The van der Waals surface area contributed by atoms with E-state index in [0.29, 0.717) is 17.3 Å². The van der Waals surface area contributed by atoms with Crippen molar-refractivity contribution in [2.75, 3.05) is 5.32 Å². The average molecular weight is 262 g/mol. The Kier molecular flexibility index (Phi) is 3.97. The monoisotopic (exact) mass is 262 g/mol. The fourth-order valence-corrected chi connectivity index (χ4v) is 2.53. The minimum Gasteiger partial charge on any atom is -0.389 e. The number of thiocarbonyl (C=S) groups is 1. The van der Waals surface area contributed by atoms with Crippen LogP contribution in [0.4, 0.5) is 5.69 Å². The van der Waals surface area contributed by atoms with Crippen LogP contribution >= 0.6 is 12.2 Å². The molecule has 0 spiro atoms. The number of amides is 1. The second kappa shape index (κ2) is 5.48. The van der Waals surface area contributed by atoms with Gasteiger partial charge in [-0.2, -0.15) is 0 Å². The van der Waals surface area contributed by atoms with Gasteiger partial charge in [-0.25, -0.2) is 0 Å². The van der Waals surface area contributed by atoms with Gasteiger partial charge in [0.2, 0.25) is 5.91 Å². The van der Waals surface area contributed by atoms with E-state index in [1.54, 1.807) is 0 Å². The zero-order valence-electron chi connectivity index (χ0n) is 10.5. The van der Waals surface area contributed by atoms with Gasteiger partial charge >= 0.3 is 0 Å². The SMILES string of the molecule is Cc1cccc(NC(=O)CC2CCC2)c1C(N)=S. The summed E-state index contributed by atoms with van der Waals surface area (Å²) in [5.74, 6) is 0.617. The average Bonchev–Trinajstić information content (AvgIpc) is 2.23. The molecule has 0 unspecified atom stereocenters. The summed E-state index contributed by atoms with van der Waals surface area (Å²) in [5.41, 5.74) is 8.20. The first-order chi connectivity index (χ1) is 8.58. The third-order valence-corrected chi connectivity index (χ3v) is 3.70. The van der Waals surface area contributed by atoms with Crippen molar-refractivity contribution >= 4 is 28.8 Å². The molecule has 1 fully saturated rings. The molecule has 96 valence electrons. The third-order valence-electron chi connectivity index (χ3n) is 3.49. The second-order valence-corrected chi connectivity index (χ2v) is 5.35. The number of hydrogen-bond acceptors (Lipinski definition) is 2. The van der Waals surface area contributed by atoms with Gasteiger partial charge < -0.3 is 11.1 Å². The molecule has 2 rings (SSSR count). The first-order valence-electron chi connectivity index (χ1n) is 6.27. The van der Waals surface area contributed by atoms with Gasteiger partial charge in [0.15, 0.2) is 0 Å². The lowest BCUT2D eigenvalue weighted by atomic mass is 9.83. The molecular formula is C14H18N2OS. The molecule has 3 N–H and O–H groups in total. The summed E-state index contributed by atoms with van der Waals surface area (Å²) in [6.45, 7) is 1.94. The lowest BCUT2D eigenvalue weighted by molar-refractivity contribution is -0.117. The van der Waals surface area contributed by atoms with E-state index in [9.17, 15) is 4.79 Å². The van der Waals surface area contributed by atoms with Crippen LogP contribution in [0.15, 0.2) is 18.2 Å². The maximum atomic E-state index is 11.9. The van der Waals surface area contributed by atoms with E-state index >= 15 is 0 Å². The van der Waals surface area contributed by atoms with Crippen molar-refractivity contribution in [3.05, 3.63) is 29.3 Å². The van der Waals surface area contributed by atoms with Crippen LogP contribution in [0.3, 0.4) is 0 Å². The lowest BCUT2D eigenvalue weighted by Crippen LogP contribution is -2.23. The van der Waals surface area contributed by atoms with Crippen molar-refractivity contribution in [3.8, 4) is 0 Å². The molecule has 3 nitrogen and oxygen atoms in total. The van der Waals surface area contributed by atoms with E-state index in [1.807, 2.05) is 25.1 Å². The van der Waals surface area contributed by atoms with E-state index in [-0.39, 0.29) is 5.91 Å². The van der Waals surface area contributed by atoms with Crippen molar-refractivity contribution in [1.29, 1.82) is 0 Å². The highest BCUT2D eigenvalue weighted by Gasteiger charge is 2.21. The van der Waals surface area contributed by atoms with E-state index in [4.69, 9.17) is 18.0 Å². The van der Waals surface area contributed by atoms with Gasteiger partial charge in [0.05, 0.1) is 5.69 Å². The quantitative estimate of drug-likeness (QED) is 0.820. The van der Waals surface area contributed by atoms with Crippen molar-refractivity contribution in [3.63, 3.8) is 0 Å². The molecule has 0 aliphatic heterocycles. The Morgan fingerprint density at radius 3 is 2.78 bits per heavy atom. The maximum Gasteiger partial charge on any atom is 0.224 e. The summed E-state index contributed by atoms with van der Waals surface area (Å²) in [6.07, 6.45) is 4.19. The molecule has 0 heterocycles. The summed E-state index contributed by atoms with van der Waals surface area (Å²) in [4.78, 5) is 12.2. The van der Waals surface area contributed by atoms with Gasteiger partial charge in [0.25, 0.3) is 0 Å². The van der Waals surface area contributed by atoms with Crippen molar-refractivity contribution in [2.45, 2.75) is 32.6 Å². The predicted octanol–water partition coefficient (Wildman–Crippen LogP) is 2.76. The first-order valence-corrected chi connectivity index (χ1v) is 6.68. The molecule has 0 atom stereocenters. The maximum absolute atomic E-state index is 11.9. The number of carbonyl (C=O) groups is 1. The van der Waals surface area contributed by atoms with Crippen LogP contribution in [-0.2, 0) is 4.79 Å². The molecule has 0 bridgehead atoms. The molecule has 0 radical (unpaired) electrons. The molecule has 0 aromatic heterocycles. The number of rotatable bonds is 4. The summed E-state index contributed by atoms with van der Waals surface area (Å²) >= 11 is 5.04. The Labute approximate surface area is 113 Å². The number of benzene rings is 1. The standard InChI is InChI=1S/C14H18N2OS/c1-9-4-2-7-11(13(9)14(15)18)16-12(17)8-10-5-3-6-10/h2,4,7,10H,3,5-6,8H2,1H3,(H2,15,18)(H,16,17). The molecule has 18 heavy (non-hydrogen) atoms. The second-order valence-electron chi connectivity index (χ2n) is 4.91. The Morgan fingerprint density at radius 1 is 1.50 bits per heavy atom. The molecule has 1 saturated carbocycles. The van der Waals surface area contributed by atoms with E-state index in [2.05, 4.69) is 5.32 Å². The smallest absolute Gasteiger partial charge is 0.224 e. The molecule has 1 aromatic rings. The van der Waals surface area contributed by atoms with Gasteiger partial charge in [-0.05, 0) is 37.3 Å². The van der Waals surface area contributed by atoms with Gasteiger partial charge in [-0.3, -0.25) is 4.79 Å². The van der Waals surface area contributed by atoms with Crippen LogP contribution < -0.4 is 11.1 Å². The van der Waals surface area contributed by atoms with Crippen LogP contribution in [0.5, 0.6) is 0 Å². The first kappa shape index (κ1) is 13.0. The number of nitrogens with one attached hydrogen (secondary N) is 1. The number of anilines is 1. The molecule has 4 heteroatoms. The van der Waals surface area contributed by atoms with Crippen LogP contribution in [0.1, 0.15) is 36.8 Å². The number of nitrogens with two attached hydrogens (primary N) is 1. The number of hydrogen-bond donors (Lipinski definition) is 2.